The Morgan fingerprint density at radius 1 is 1.03 bits per heavy atom. The monoisotopic (exact) mass is 487 g/mol. The molecule has 0 saturated carbocycles. The summed E-state index contributed by atoms with van der Waals surface area (Å²) in [4.78, 5) is 37.2. The van der Waals surface area contributed by atoms with Crippen molar-refractivity contribution in [3.05, 3.63) is 70.6 Å². The van der Waals surface area contributed by atoms with Gasteiger partial charge in [0, 0.05) is 16.0 Å². The second kappa shape index (κ2) is 11.5. The molecule has 0 aliphatic rings. The molecule has 0 saturated heterocycles. The number of esters is 2. The number of benzene rings is 2. The second-order valence-electron chi connectivity index (χ2n) is 6.81. The quantitative estimate of drug-likeness (QED) is 0.417. The third-order valence-electron chi connectivity index (χ3n) is 4.41. The predicted octanol–water partition coefficient (Wildman–Crippen LogP) is 5.19. The van der Waals surface area contributed by atoms with Gasteiger partial charge in [0.1, 0.15) is 16.3 Å². The summed E-state index contributed by atoms with van der Waals surface area (Å²) >= 11 is 7.01. The molecule has 7 nitrogen and oxygen atoms in total. The molecule has 172 valence electrons. The van der Waals surface area contributed by atoms with Crippen molar-refractivity contribution in [1.29, 1.82) is 0 Å². The zero-order valence-electron chi connectivity index (χ0n) is 18.0. The van der Waals surface area contributed by atoms with E-state index < -0.39 is 30.6 Å². The molecule has 9 heteroatoms. The largest absolute Gasteiger partial charge is 0.479 e. The first kappa shape index (κ1) is 24.3. The van der Waals surface area contributed by atoms with Crippen LogP contribution in [0, 0.1) is 0 Å². The summed E-state index contributed by atoms with van der Waals surface area (Å²) in [6, 6.07) is 15.8. The molecule has 1 amide bonds. The van der Waals surface area contributed by atoms with Gasteiger partial charge in [-0.1, -0.05) is 41.9 Å². The van der Waals surface area contributed by atoms with Crippen molar-refractivity contribution in [1.82, 2.24) is 0 Å². The Morgan fingerprint density at radius 2 is 1.73 bits per heavy atom. The van der Waals surface area contributed by atoms with Gasteiger partial charge < -0.3 is 19.5 Å². The fraction of sp³-hybridized carbons (Fsp3) is 0.208. The van der Waals surface area contributed by atoms with Crippen molar-refractivity contribution in [3.63, 3.8) is 0 Å². The summed E-state index contributed by atoms with van der Waals surface area (Å²) < 4.78 is 15.7. The van der Waals surface area contributed by atoms with E-state index in [9.17, 15) is 14.4 Å². The maximum atomic E-state index is 12.6. The van der Waals surface area contributed by atoms with Gasteiger partial charge in [-0.15, -0.1) is 11.3 Å². The Labute approximate surface area is 200 Å². The Kier molecular flexibility index (Phi) is 8.46. The second-order valence-corrected chi connectivity index (χ2v) is 8.13. The maximum absolute atomic E-state index is 12.6. The molecule has 0 fully saturated rings. The Balaban J connectivity index is 1.63. The number of hydrogen-bond donors (Lipinski definition) is 1. The summed E-state index contributed by atoms with van der Waals surface area (Å²) in [5.74, 6) is -1.40. The molecule has 0 radical (unpaired) electrons. The number of rotatable bonds is 9. The summed E-state index contributed by atoms with van der Waals surface area (Å²) in [6.45, 7) is 2.88. The maximum Gasteiger partial charge on any atom is 0.347 e. The Bertz CT molecular complexity index is 1110. The minimum atomic E-state index is -0.930. The van der Waals surface area contributed by atoms with E-state index in [-0.39, 0.29) is 12.2 Å². The number of halogens is 1. The third-order valence-corrected chi connectivity index (χ3v) is 5.56. The number of hydrogen-bond acceptors (Lipinski definition) is 7. The van der Waals surface area contributed by atoms with Gasteiger partial charge in [0.2, 0.25) is 0 Å². The van der Waals surface area contributed by atoms with Gasteiger partial charge in [0.05, 0.1) is 6.61 Å². The van der Waals surface area contributed by atoms with E-state index in [0.717, 1.165) is 5.56 Å². The van der Waals surface area contributed by atoms with Crippen LogP contribution < -0.4 is 10.1 Å². The summed E-state index contributed by atoms with van der Waals surface area (Å²) in [6.07, 6.45) is -0.930. The average molecular weight is 488 g/mol. The van der Waals surface area contributed by atoms with Crippen LogP contribution in [0.25, 0.3) is 11.1 Å². The molecule has 2 aromatic carbocycles. The van der Waals surface area contributed by atoms with Crippen LogP contribution in [0.15, 0.2) is 60.0 Å². The fourth-order valence-corrected chi connectivity index (χ4v) is 3.97. The third kappa shape index (κ3) is 6.57. The number of nitrogens with one attached hydrogen (secondary N) is 1. The van der Waals surface area contributed by atoms with Gasteiger partial charge in [0.25, 0.3) is 5.91 Å². The molecule has 0 aliphatic carbocycles. The zero-order valence-corrected chi connectivity index (χ0v) is 19.6. The van der Waals surface area contributed by atoms with E-state index in [1.54, 1.807) is 36.6 Å². The fourth-order valence-electron chi connectivity index (χ4n) is 2.87. The summed E-state index contributed by atoms with van der Waals surface area (Å²) in [7, 11) is 0. The first-order chi connectivity index (χ1) is 15.9. The number of carbonyl (C=O) groups excluding carboxylic acids is 3. The smallest absolute Gasteiger partial charge is 0.347 e. The topological polar surface area (TPSA) is 90.9 Å². The number of amides is 1. The molecule has 3 aromatic rings. The predicted molar refractivity (Wildman–Crippen MR) is 127 cm³/mol. The first-order valence-electron chi connectivity index (χ1n) is 10.1. The molecule has 33 heavy (non-hydrogen) atoms. The lowest BCUT2D eigenvalue weighted by Crippen LogP contribution is -2.29. The lowest BCUT2D eigenvalue weighted by molar-refractivity contribution is -0.153. The molecule has 1 aromatic heterocycles. The van der Waals surface area contributed by atoms with Gasteiger partial charge >= 0.3 is 11.9 Å². The van der Waals surface area contributed by atoms with E-state index in [1.807, 2.05) is 30.3 Å². The van der Waals surface area contributed by atoms with Crippen molar-refractivity contribution in [2.45, 2.75) is 20.0 Å². The van der Waals surface area contributed by atoms with E-state index in [1.165, 1.54) is 18.3 Å². The molecule has 1 atom stereocenters. The molecule has 3 rings (SSSR count). The van der Waals surface area contributed by atoms with Crippen LogP contribution in [0.2, 0.25) is 5.02 Å². The van der Waals surface area contributed by atoms with Crippen LogP contribution in [-0.2, 0) is 19.1 Å². The molecule has 1 unspecified atom stereocenters. The highest BCUT2D eigenvalue weighted by Crippen LogP contribution is 2.36. The lowest BCUT2D eigenvalue weighted by atomic mass is 10.0. The number of anilines is 1. The average Bonchev–Trinajstić information content (AvgIpc) is 3.23. The van der Waals surface area contributed by atoms with E-state index in [0.29, 0.717) is 21.3 Å². The molecular formula is C24H22ClNO6S. The van der Waals surface area contributed by atoms with E-state index in [4.69, 9.17) is 25.8 Å². The number of carbonyl (C=O) groups is 3. The minimum Gasteiger partial charge on any atom is -0.479 e. The molecular weight excluding hydrogens is 466 g/mol. The van der Waals surface area contributed by atoms with Gasteiger partial charge in [-0.3, -0.25) is 4.79 Å². The van der Waals surface area contributed by atoms with Crippen LogP contribution in [-0.4, -0.2) is 37.2 Å². The van der Waals surface area contributed by atoms with Gasteiger partial charge in [-0.2, -0.15) is 0 Å². The van der Waals surface area contributed by atoms with Crippen LogP contribution >= 0.6 is 22.9 Å². The molecule has 0 aliphatic heterocycles. The van der Waals surface area contributed by atoms with Crippen molar-refractivity contribution in [2.24, 2.45) is 0 Å². The normalized spacial score (nSPS) is 11.4. The minimum absolute atomic E-state index is 0.194. The summed E-state index contributed by atoms with van der Waals surface area (Å²) in [5.41, 5.74) is 1.72. The number of thiophene rings is 1. The lowest BCUT2D eigenvalue weighted by Gasteiger charge is -2.14. The van der Waals surface area contributed by atoms with Crippen LogP contribution in [0.1, 0.15) is 24.2 Å². The Hall–Kier alpha value is -3.36. The van der Waals surface area contributed by atoms with Gasteiger partial charge in [0.15, 0.2) is 12.7 Å². The molecule has 1 heterocycles. The van der Waals surface area contributed by atoms with E-state index >= 15 is 0 Å². The van der Waals surface area contributed by atoms with Crippen LogP contribution in [0.5, 0.6) is 5.75 Å². The highest BCUT2D eigenvalue weighted by molar-refractivity contribution is 7.15. The van der Waals surface area contributed by atoms with Crippen molar-refractivity contribution in [3.8, 4) is 16.9 Å². The highest BCUT2D eigenvalue weighted by Gasteiger charge is 2.24. The van der Waals surface area contributed by atoms with Gasteiger partial charge in [-0.25, -0.2) is 9.59 Å². The zero-order chi connectivity index (χ0) is 23.8. The number of ether oxygens (including phenoxy) is 3. The first-order valence-corrected chi connectivity index (χ1v) is 11.4. The van der Waals surface area contributed by atoms with Crippen molar-refractivity contribution < 1.29 is 28.6 Å². The Morgan fingerprint density at radius 3 is 2.39 bits per heavy atom. The van der Waals surface area contributed by atoms with Crippen molar-refractivity contribution >= 4 is 45.8 Å². The summed E-state index contributed by atoms with van der Waals surface area (Å²) in [5, 5.41) is 5.27. The van der Waals surface area contributed by atoms with Crippen molar-refractivity contribution in [2.75, 3.05) is 18.5 Å². The standard InChI is InChI=1S/C24H22ClNO6S/c1-3-30-24(29)21-19(16-7-5-4-6-8-16)14-33-22(21)26-20(27)13-31-23(28)15(2)32-18-11-9-17(25)10-12-18/h4-12,14-15H,3,13H2,1-2H3,(H,26,27). The highest BCUT2D eigenvalue weighted by atomic mass is 35.5. The van der Waals surface area contributed by atoms with Crippen LogP contribution in [0.4, 0.5) is 5.00 Å². The SMILES string of the molecule is CCOC(=O)c1c(-c2ccccc2)csc1NC(=O)COC(=O)C(C)Oc1ccc(Cl)cc1. The van der Waals surface area contributed by atoms with Gasteiger partial charge in [-0.05, 0) is 43.7 Å². The van der Waals surface area contributed by atoms with E-state index in [2.05, 4.69) is 5.32 Å². The van der Waals surface area contributed by atoms with Crippen LogP contribution in [0.3, 0.4) is 0 Å². The molecule has 1 N–H and O–H groups in total. The molecule has 0 spiro atoms. The molecule has 0 bridgehead atoms.